The molecule has 0 spiro atoms. The van der Waals surface area contributed by atoms with Gasteiger partial charge < -0.3 is 5.32 Å². The molecular formula is C10H8ClFN4O2. The molecule has 1 aromatic carbocycles. The highest BCUT2D eigenvalue weighted by Crippen LogP contribution is 2.30. The Kier molecular flexibility index (Phi) is 3.42. The van der Waals surface area contributed by atoms with Gasteiger partial charge in [0.1, 0.15) is 11.5 Å². The highest BCUT2D eigenvalue weighted by molar-refractivity contribution is 6.31. The minimum atomic E-state index is -0.824. The summed E-state index contributed by atoms with van der Waals surface area (Å²) in [5.41, 5.74) is 0.530. The topological polar surface area (TPSA) is 83.8 Å². The number of aromatic nitrogens is 2. The maximum Gasteiger partial charge on any atom is 0.295 e. The Morgan fingerprint density at radius 3 is 2.94 bits per heavy atom. The van der Waals surface area contributed by atoms with Crippen LogP contribution >= 0.6 is 11.6 Å². The van der Waals surface area contributed by atoms with Gasteiger partial charge in [-0.05, 0) is 12.1 Å². The molecule has 0 unspecified atom stereocenters. The molecule has 0 fully saturated rings. The Hall–Kier alpha value is -2.15. The number of benzene rings is 1. The molecule has 2 aromatic rings. The first-order valence-electron chi connectivity index (χ1n) is 4.93. The van der Waals surface area contributed by atoms with Crippen molar-refractivity contribution >= 4 is 23.0 Å². The summed E-state index contributed by atoms with van der Waals surface area (Å²) in [5.74, 6) is -0.824. The lowest BCUT2D eigenvalue weighted by molar-refractivity contribution is -0.384. The zero-order chi connectivity index (χ0) is 13.1. The predicted molar refractivity (Wildman–Crippen MR) is 64.0 cm³/mol. The summed E-state index contributed by atoms with van der Waals surface area (Å²) in [6.45, 7) is 0.294. The number of anilines is 1. The third-order valence-corrected chi connectivity index (χ3v) is 2.55. The summed E-state index contributed by atoms with van der Waals surface area (Å²) in [5, 5.41) is 19.8. The number of nitrogens with zero attached hydrogens (tertiary/aromatic N) is 2. The predicted octanol–water partition coefficient (Wildman–Crippen LogP) is 2.72. The SMILES string of the molecule is O=[N+]([O-])c1cc(F)c(Cl)cc1NCc1ccn[nH]1. The first kappa shape index (κ1) is 12.3. The maximum absolute atomic E-state index is 13.2. The van der Waals surface area contributed by atoms with Crippen molar-refractivity contribution < 1.29 is 9.31 Å². The fourth-order valence-corrected chi connectivity index (χ4v) is 1.57. The van der Waals surface area contributed by atoms with Crippen LogP contribution in [0.1, 0.15) is 5.69 Å². The van der Waals surface area contributed by atoms with E-state index in [-0.39, 0.29) is 16.4 Å². The minimum Gasteiger partial charge on any atom is -0.374 e. The van der Waals surface area contributed by atoms with E-state index < -0.39 is 10.7 Å². The number of aromatic amines is 1. The number of nitro benzene ring substituents is 1. The minimum absolute atomic E-state index is 0.154. The van der Waals surface area contributed by atoms with E-state index >= 15 is 0 Å². The number of hydrogen-bond acceptors (Lipinski definition) is 4. The monoisotopic (exact) mass is 270 g/mol. The van der Waals surface area contributed by atoms with Crippen LogP contribution in [0.2, 0.25) is 5.02 Å². The molecule has 2 N–H and O–H groups in total. The Balaban J connectivity index is 2.25. The number of halogens is 2. The third-order valence-electron chi connectivity index (χ3n) is 2.26. The fraction of sp³-hybridized carbons (Fsp3) is 0.100. The van der Waals surface area contributed by atoms with E-state index in [0.29, 0.717) is 6.54 Å². The largest absolute Gasteiger partial charge is 0.374 e. The van der Waals surface area contributed by atoms with Crippen LogP contribution in [0.3, 0.4) is 0 Å². The molecule has 8 heteroatoms. The lowest BCUT2D eigenvalue weighted by atomic mass is 10.2. The molecule has 0 amide bonds. The molecule has 0 radical (unpaired) electrons. The van der Waals surface area contributed by atoms with Crippen LogP contribution in [-0.4, -0.2) is 15.1 Å². The smallest absolute Gasteiger partial charge is 0.295 e. The van der Waals surface area contributed by atoms with Gasteiger partial charge in [0.25, 0.3) is 5.69 Å². The zero-order valence-corrected chi connectivity index (χ0v) is 9.74. The van der Waals surface area contributed by atoms with Crippen LogP contribution < -0.4 is 5.32 Å². The highest BCUT2D eigenvalue weighted by Gasteiger charge is 2.17. The Labute approximate surface area is 106 Å². The normalized spacial score (nSPS) is 10.3. The molecule has 18 heavy (non-hydrogen) atoms. The highest BCUT2D eigenvalue weighted by atomic mass is 35.5. The second-order valence-electron chi connectivity index (χ2n) is 3.48. The van der Waals surface area contributed by atoms with Crippen LogP contribution in [0.5, 0.6) is 0 Å². The van der Waals surface area contributed by atoms with Crippen LogP contribution in [-0.2, 0) is 6.54 Å². The van der Waals surface area contributed by atoms with Crippen molar-refractivity contribution in [3.63, 3.8) is 0 Å². The van der Waals surface area contributed by atoms with Crippen molar-refractivity contribution in [3.05, 3.63) is 51.0 Å². The number of H-pyrrole nitrogens is 1. The van der Waals surface area contributed by atoms with Gasteiger partial charge in [0.15, 0.2) is 0 Å². The van der Waals surface area contributed by atoms with Gasteiger partial charge in [0.2, 0.25) is 0 Å². The molecule has 94 valence electrons. The van der Waals surface area contributed by atoms with Crippen molar-refractivity contribution in [1.29, 1.82) is 0 Å². The van der Waals surface area contributed by atoms with Gasteiger partial charge in [0, 0.05) is 6.20 Å². The van der Waals surface area contributed by atoms with E-state index in [1.54, 1.807) is 12.3 Å². The average molecular weight is 271 g/mol. The van der Waals surface area contributed by atoms with Gasteiger partial charge in [-0.1, -0.05) is 11.6 Å². The second kappa shape index (κ2) is 5.01. The summed E-state index contributed by atoms with van der Waals surface area (Å²) >= 11 is 5.59. The molecule has 1 aromatic heterocycles. The van der Waals surface area contributed by atoms with Gasteiger partial charge in [-0.2, -0.15) is 5.10 Å². The average Bonchev–Trinajstić information content (AvgIpc) is 2.83. The number of nitrogens with one attached hydrogen (secondary N) is 2. The summed E-state index contributed by atoms with van der Waals surface area (Å²) in [7, 11) is 0. The lowest BCUT2D eigenvalue weighted by Gasteiger charge is -2.06. The molecule has 0 atom stereocenters. The molecule has 0 aliphatic heterocycles. The molecule has 0 saturated carbocycles. The van der Waals surface area contributed by atoms with Gasteiger partial charge >= 0.3 is 0 Å². The van der Waals surface area contributed by atoms with E-state index in [4.69, 9.17) is 11.6 Å². The van der Waals surface area contributed by atoms with E-state index in [2.05, 4.69) is 15.5 Å². The molecule has 0 aliphatic carbocycles. The summed E-state index contributed by atoms with van der Waals surface area (Å²) in [4.78, 5) is 10.1. The van der Waals surface area contributed by atoms with Crippen molar-refractivity contribution in [2.45, 2.75) is 6.54 Å². The van der Waals surface area contributed by atoms with Crippen LogP contribution in [0.15, 0.2) is 24.4 Å². The van der Waals surface area contributed by atoms with Crippen LogP contribution in [0, 0.1) is 15.9 Å². The van der Waals surface area contributed by atoms with Crippen molar-refractivity contribution in [2.75, 3.05) is 5.32 Å². The fourth-order valence-electron chi connectivity index (χ4n) is 1.40. The number of hydrogen-bond donors (Lipinski definition) is 2. The molecular weight excluding hydrogens is 263 g/mol. The van der Waals surface area contributed by atoms with E-state index in [9.17, 15) is 14.5 Å². The van der Waals surface area contributed by atoms with E-state index in [1.165, 1.54) is 6.07 Å². The Morgan fingerprint density at radius 1 is 1.56 bits per heavy atom. The van der Waals surface area contributed by atoms with Gasteiger partial charge in [-0.25, -0.2) is 4.39 Å². The van der Waals surface area contributed by atoms with Gasteiger partial charge in [-0.15, -0.1) is 0 Å². The van der Waals surface area contributed by atoms with Crippen molar-refractivity contribution in [3.8, 4) is 0 Å². The maximum atomic E-state index is 13.2. The second-order valence-corrected chi connectivity index (χ2v) is 3.88. The summed E-state index contributed by atoms with van der Waals surface area (Å²) < 4.78 is 13.2. The molecule has 0 saturated heterocycles. The molecule has 6 nitrogen and oxygen atoms in total. The molecule has 0 aliphatic rings. The summed E-state index contributed by atoms with van der Waals surface area (Å²) in [6, 6.07) is 3.69. The van der Waals surface area contributed by atoms with Crippen molar-refractivity contribution in [2.24, 2.45) is 0 Å². The number of nitro groups is 1. The molecule has 1 heterocycles. The zero-order valence-electron chi connectivity index (χ0n) is 8.98. The molecule has 2 rings (SSSR count). The quantitative estimate of drug-likeness (QED) is 0.661. The van der Waals surface area contributed by atoms with Crippen LogP contribution in [0.4, 0.5) is 15.8 Å². The summed E-state index contributed by atoms with van der Waals surface area (Å²) in [6.07, 6.45) is 1.56. The van der Waals surface area contributed by atoms with Crippen LogP contribution in [0.25, 0.3) is 0 Å². The first-order chi connectivity index (χ1) is 8.58. The van der Waals surface area contributed by atoms with E-state index in [0.717, 1.165) is 11.8 Å². The lowest BCUT2D eigenvalue weighted by Crippen LogP contribution is -2.03. The standard InChI is InChI=1S/C10H8ClFN4O2/c11-7-3-9(10(16(17)18)4-8(7)12)13-5-6-1-2-14-15-6/h1-4,13H,5H2,(H,14,15). The van der Waals surface area contributed by atoms with Crippen molar-refractivity contribution in [1.82, 2.24) is 10.2 Å². The Morgan fingerprint density at radius 2 is 2.33 bits per heavy atom. The van der Waals surface area contributed by atoms with Gasteiger partial charge in [-0.3, -0.25) is 15.2 Å². The number of rotatable bonds is 4. The molecule has 0 bridgehead atoms. The van der Waals surface area contributed by atoms with E-state index in [1.807, 2.05) is 0 Å². The Bertz CT molecular complexity index is 574. The van der Waals surface area contributed by atoms with Gasteiger partial charge in [0.05, 0.1) is 28.3 Å². The third kappa shape index (κ3) is 2.57. The first-order valence-corrected chi connectivity index (χ1v) is 5.31.